The van der Waals surface area contributed by atoms with Crippen LogP contribution in [0.5, 0.6) is 0 Å². The van der Waals surface area contributed by atoms with E-state index in [4.69, 9.17) is 5.11 Å². The summed E-state index contributed by atoms with van der Waals surface area (Å²) in [5, 5.41) is 8.04. The van der Waals surface area contributed by atoms with E-state index in [1.807, 2.05) is 55.4 Å². The van der Waals surface area contributed by atoms with Crippen molar-refractivity contribution in [3.63, 3.8) is 0 Å². The minimum absolute atomic E-state index is 0.111. The minimum atomic E-state index is 0.111. The molecule has 1 fully saturated rings. The average Bonchev–Trinajstić information content (AvgIpc) is 3.26. The lowest BCUT2D eigenvalue weighted by Crippen LogP contribution is -1.93. The van der Waals surface area contributed by atoms with Crippen LogP contribution in [0, 0.1) is 11.8 Å². The van der Waals surface area contributed by atoms with E-state index >= 15 is 0 Å². The van der Waals surface area contributed by atoms with E-state index < -0.39 is 0 Å². The Morgan fingerprint density at radius 1 is 1.00 bits per heavy atom. The van der Waals surface area contributed by atoms with Crippen LogP contribution in [0.3, 0.4) is 0 Å². The van der Waals surface area contributed by atoms with E-state index in [1.165, 1.54) is 51.4 Å². The average molecular weight is 387 g/mol. The van der Waals surface area contributed by atoms with Gasteiger partial charge >= 0.3 is 0 Å². The van der Waals surface area contributed by atoms with Crippen LogP contribution in [-0.2, 0) is 0 Å². The second kappa shape index (κ2) is 40.2. The van der Waals surface area contributed by atoms with Gasteiger partial charge in [-0.15, -0.1) is 0 Å². The first-order valence-electron chi connectivity index (χ1n) is 12.0. The molecule has 0 aliphatic heterocycles. The molecule has 168 valence electrons. The van der Waals surface area contributed by atoms with Gasteiger partial charge in [-0.2, -0.15) is 0 Å². The molecule has 0 amide bonds. The molecule has 0 radical (unpaired) electrons. The monoisotopic (exact) mass is 386 g/mol. The van der Waals surface area contributed by atoms with Crippen molar-refractivity contribution in [2.75, 3.05) is 6.61 Å². The van der Waals surface area contributed by atoms with Crippen molar-refractivity contribution in [3.05, 3.63) is 24.3 Å². The van der Waals surface area contributed by atoms with Gasteiger partial charge in [-0.1, -0.05) is 126 Å². The summed E-state index contributed by atoms with van der Waals surface area (Å²) in [6, 6.07) is 0. The molecule has 0 aromatic carbocycles. The number of aliphatic hydroxyl groups excluding tert-OH is 1. The van der Waals surface area contributed by atoms with Gasteiger partial charge in [-0.3, -0.25) is 0 Å². The molecule has 0 heterocycles. The van der Waals surface area contributed by atoms with Crippen molar-refractivity contribution >= 4 is 0 Å². The van der Waals surface area contributed by atoms with Crippen molar-refractivity contribution in [1.82, 2.24) is 0 Å². The second-order valence-corrected chi connectivity index (χ2v) is 6.07. The predicted octanol–water partition coefficient (Wildman–Crippen LogP) is 9.61. The Hall–Kier alpha value is -0.560. The summed E-state index contributed by atoms with van der Waals surface area (Å²) in [7, 11) is 0. The summed E-state index contributed by atoms with van der Waals surface area (Å²) in [6.45, 7) is 26.0. The molecule has 27 heavy (non-hydrogen) atoms. The maximum absolute atomic E-state index is 8.04. The zero-order valence-electron chi connectivity index (χ0n) is 21.3. The minimum Gasteiger partial charge on any atom is -0.392 e. The molecule has 1 aliphatic rings. The molecule has 0 aromatic heterocycles. The number of rotatable bonds is 7. The van der Waals surface area contributed by atoms with Crippen molar-refractivity contribution in [3.8, 4) is 0 Å². The molecule has 1 unspecified atom stereocenters. The first-order chi connectivity index (χ1) is 13.1. The third kappa shape index (κ3) is 41.1. The molecule has 1 saturated carbocycles. The molecule has 1 aliphatic carbocycles. The standard InChI is InChI=1S/C14H26.C4H8O.4C2H6/c1-3-4-8-13(2)9-7-12-14-10-5-6-11-14;1-4(2)3-5;4*1-2/h7,12-14H,3-6,8-11H2,1-2H3;5H,1,3H2,2H3;4*1-2H3/b12-7+;;;;;. The third-order valence-electron chi connectivity index (χ3n) is 3.67. The van der Waals surface area contributed by atoms with E-state index in [-0.39, 0.29) is 6.61 Å². The molecule has 1 nitrogen and oxygen atoms in total. The summed E-state index contributed by atoms with van der Waals surface area (Å²) in [5.74, 6) is 1.82. The van der Waals surface area contributed by atoms with Gasteiger partial charge < -0.3 is 5.11 Å². The van der Waals surface area contributed by atoms with Gasteiger partial charge in [-0.05, 0) is 38.0 Å². The van der Waals surface area contributed by atoms with Gasteiger partial charge in [0.2, 0.25) is 0 Å². The van der Waals surface area contributed by atoms with Gasteiger partial charge in [0.05, 0.1) is 6.61 Å². The van der Waals surface area contributed by atoms with Crippen LogP contribution in [0.4, 0.5) is 0 Å². The smallest absolute Gasteiger partial charge is 0.0636 e. The summed E-state index contributed by atoms with van der Waals surface area (Å²) < 4.78 is 0. The van der Waals surface area contributed by atoms with Crippen molar-refractivity contribution in [2.24, 2.45) is 11.8 Å². The SMILES string of the molecule is C=C(C)CO.CC.CC.CC.CC.CCCCC(C)C/C=C/C1CCCC1. The normalized spacial score (nSPS) is 13.0. The number of unbranched alkanes of at least 4 members (excludes halogenated alkanes) is 1. The quantitative estimate of drug-likeness (QED) is 0.432. The fourth-order valence-corrected chi connectivity index (χ4v) is 2.32. The number of aliphatic hydroxyl groups is 1. The Morgan fingerprint density at radius 3 is 1.74 bits per heavy atom. The van der Waals surface area contributed by atoms with E-state index in [2.05, 4.69) is 32.6 Å². The zero-order chi connectivity index (χ0) is 22.5. The predicted molar refractivity (Wildman–Crippen MR) is 132 cm³/mol. The largest absolute Gasteiger partial charge is 0.392 e. The van der Waals surface area contributed by atoms with Crippen LogP contribution in [-0.4, -0.2) is 11.7 Å². The van der Waals surface area contributed by atoms with Crippen molar-refractivity contribution in [2.45, 2.75) is 128 Å². The van der Waals surface area contributed by atoms with Crippen LogP contribution >= 0.6 is 0 Å². The molecular weight excluding hydrogens is 328 g/mol. The maximum atomic E-state index is 8.04. The maximum Gasteiger partial charge on any atom is 0.0636 e. The molecule has 0 aromatic rings. The zero-order valence-corrected chi connectivity index (χ0v) is 21.3. The van der Waals surface area contributed by atoms with Gasteiger partial charge in [0, 0.05) is 0 Å². The van der Waals surface area contributed by atoms with E-state index in [9.17, 15) is 0 Å². The Balaban J connectivity index is -0.000000104. The van der Waals surface area contributed by atoms with E-state index in [1.54, 1.807) is 6.92 Å². The molecule has 1 heteroatoms. The van der Waals surface area contributed by atoms with Gasteiger partial charge in [0.25, 0.3) is 0 Å². The highest BCUT2D eigenvalue weighted by molar-refractivity contribution is 4.91. The van der Waals surface area contributed by atoms with Crippen molar-refractivity contribution < 1.29 is 5.11 Å². The Bertz CT molecular complexity index is 237. The number of allylic oxidation sites excluding steroid dienone is 2. The highest BCUT2D eigenvalue weighted by Crippen LogP contribution is 2.26. The van der Waals surface area contributed by atoms with E-state index in [0.717, 1.165) is 17.4 Å². The Labute approximate surface area is 175 Å². The summed E-state index contributed by atoms with van der Waals surface area (Å²) in [5.41, 5.74) is 0.810. The lowest BCUT2D eigenvalue weighted by molar-refractivity contribution is 0.332. The fraction of sp³-hybridized carbons (Fsp3) is 0.846. The lowest BCUT2D eigenvalue weighted by atomic mass is 9.99. The van der Waals surface area contributed by atoms with Crippen molar-refractivity contribution in [1.29, 1.82) is 0 Å². The Morgan fingerprint density at radius 2 is 1.41 bits per heavy atom. The summed E-state index contributed by atoms with van der Waals surface area (Å²) in [4.78, 5) is 0. The lowest BCUT2D eigenvalue weighted by Gasteiger charge is -2.07. The first kappa shape index (κ1) is 37.2. The summed E-state index contributed by atoms with van der Waals surface area (Å²) >= 11 is 0. The fourth-order valence-electron chi connectivity index (χ4n) is 2.32. The second-order valence-electron chi connectivity index (χ2n) is 6.07. The molecule has 1 rings (SSSR count). The first-order valence-corrected chi connectivity index (χ1v) is 12.0. The third-order valence-corrected chi connectivity index (χ3v) is 3.67. The van der Waals surface area contributed by atoms with Gasteiger partial charge in [-0.25, -0.2) is 0 Å². The molecule has 1 atom stereocenters. The number of hydrogen-bond acceptors (Lipinski definition) is 1. The van der Waals surface area contributed by atoms with Gasteiger partial charge in [0.15, 0.2) is 0 Å². The molecule has 0 saturated heterocycles. The highest BCUT2D eigenvalue weighted by Gasteiger charge is 2.10. The Kier molecular flexibility index (Phi) is 55.4. The van der Waals surface area contributed by atoms with Gasteiger partial charge in [0.1, 0.15) is 0 Å². The summed E-state index contributed by atoms with van der Waals surface area (Å²) in [6.07, 6.45) is 16.2. The van der Waals surface area contributed by atoms with Crippen LogP contribution in [0.2, 0.25) is 0 Å². The van der Waals surface area contributed by atoms with E-state index in [0.29, 0.717) is 0 Å². The number of hydrogen-bond donors (Lipinski definition) is 1. The molecule has 1 N–H and O–H groups in total. The topological polar surface area (TPSA) is 20.2 Å². The van der Waals surface area contributed by atoms with Crippen LogP contribution in [0.1, 0.15) is 128 Å². The highest BCUT2D eigenvalue weighted by atomic mass is 16.3. The molecular formula is C26H58O. The van der Waals surface area contributed by atoms with Crippen LogP contribution in [0.15, 0.2) is 24.3 Å². The molecule has 0 bridgehead atoms. The van der Waals surface area contributed by atoms with Crippen LogP contribution < -0.4 is 0 Å². The van der Waals surface area contributed by atoms with Crippen LogP contribution in [0.25, 0.3) is 0 Å². The molecule has 0 spiro atoms.